The molecule has 0 aromatic heterocycles. The van der Waals surface area contributed by atoms with Gasteiger partial charge in [0.2, 0.25) is 5.91 Å². The highest BCUT2D eigenvalue weighted by molar-refractivity contribution is 5.76. The van der Waals surface area contributed by atoms with Gasteiger partial charge in [-0.1, -0.05) is 26.0 Å². The molecule has 0 bridgehead atoms. The van der Waals surface area contributed by atoms with E-state index in [4.69, 9.17) is 4.74 Å². The SMILES string of the molecule is CCC(=O)N[C@@H](CC)c1ccc(OC)cc1. The zero-order valence-electron chi connectivity index (χ0n) is 10.1. The average molecular weight is 221 g/mol. The normalized spacial score (nSPS) is 11.9. The van der Waals surface area contributed by atoms with Crippen LogP contribution in [0.1, 0.15) is 38.3 Å². The molecule has 1 N–H and O–H groups in total. The number of carbonyl (C=O) groups is 1. The quantitative estimate of drug-likeness (QED) is 0.830. The molecule has 0 heterocycles. The van der Waals surface area contributed by atoms with Gasteiger partial charge in [0.25, 0.3) is 0 Å². The summed E-state index contributed by atoms with van der Waals surface area (Å²) in [4.78, 5) is 11.3. The fraction of sp³-hybridized carbons (Fsp3) is 0.462. The zero-order chi connectivity index (χ0) is 12.0. The van der Waals surface area contributed by atoms with Gasteiger partial charge in [0.1, 0.15) is 5.75 Å². The molecule has 16 heavy (non-hydrogen) atoms. The lowest BCUT2D eigenvalue weighted by molar-refractivity contribution is -0.121. The van der Waals surface area contributed by atoms with Crippen LogP contribution in [0.3, 0.4) is 0 Å². The van der Waals surface area contributed by atoms with Gasteiger partial charge in [-0.2, -0.15) is 0 Å². The van der Waals surface area contributed by atoms with E-state index in [2.05, 4.69) is 12.2 Å². The Morgan fingerprint density at radius 1 is 1.31 bits per heavy atom. The van der Waals surface area contributed by atoms with Crippen molar-refractivity contribution in [2.24, 2.45) is 0 Å². The van der Waals surface area contributed by atoms with Gasteiger partial charge in [0, 0.05) is 6.42 Å². The Balaban J connectivity index is 2.74. The van der Waals surface area contributed by atoms with E-state index in [1.165, 1.54) is 0 Å². The van der Waals surface area contributed by atoms with Gasteiger partial charge >= 0.3 is 0 Å². The smallest absolute Gasteiger partial charge is 0.220 e. The van der Waals surface area contributed by atoms with Crippen LogP contribution in [-0.2, 0) is 4.79 Å². The lowest BCUT2D eigenvalue weighted by atomic mass is 10.0. The molecule has 0 fully saturated rings. The number of carbonyl (C=O) groups excluding carboxylic acids is 1. The van der Waals surface area contributed by atoms with Crippen molar-refractivity contribution in [1.29, 1.82) is 0 Å². The zero-order valence-corrected chi connectivity index (χ0v) is 10.1. The topological polar surface area (TPSA) is 38.3 Å². The first-order valence-electron chi connectivity index (χ1n) is 5.64. The van der Waals surface area contributed by atoms with Gasteiger partial charge in [-0.3, -0.25) is 4.79 Å². The second kappa shape index (κ2) is 6.16. The maximum atomic E-state index is 11.3. The highest BCUT2D eigenvalue weighted by Crippen LogP contribution is 2.19. The molecule has 0 aliphatic rings. The first kappa shape index (κ1) is 12.6. The molecule has 0 unspecified atom stereocenters. The number of amides is 1. The minimum Gasteiger partial charge on any atom is -0.497 e. The van der Waals surface area contributed by atoms with Crippen LogP contribution in [0.4, 0.5) is 0 Å². The lowest BCUT2D eigenvalue weighted by Gasteiger charge is -2.17. The highest BCUT2D eigenvalue weighted by atomic mass is 16.5. The van der Waals surface area contributed by atoms with Crippen LogP contribution >= 0.6 is 0 Å². The van der Waals surface area contributed by atoms with Crippen LogP contribution in [0.15, 0.2) is 24.3 Å². The monoisotopic (exact) mass is 221 g/mol. The highest BCUT2D eigenvalue weighted by Gasteiger charge is 2.11. The third kappa shape index (κ3) is 3.26. The fourth-order valence-electron chi connectivity index (χ4n) is 1.55. The Morgan fingerprint density at radius 2 is 1.94 bits per heavy atom. The molecular formula is C13H19NO2. The number of hydrogen-bond donors (Lipinski definition) is 1. The Labute approximate surface area is 96.8 Å². The number of ether oxygens (including phenoxy) is 1. The summed E-state index contributed by atoms with van der Waals surface area (Å²) >= 11 is 0. The molecule has 3 nitrogen and oxygen atoms in total. The largest absolute Gasteiger partial charge is 0.497 e. The molecule has 0 spiro atoms. The van der Waals surface area contributed by atoms with Gasteiger partial charge in [-0.25, -0.2) is 0 Å². The third-order valence-electron chi connectivity index (χ3n) is 2.58. The van der Waals surface area contributed by atoms with E-state index < -0.39 is 0 Å². The number of rotatable bonds is 5. The standard InChI is InChI=1S/C13H19NO2/c1-4-12(14-13(15)5-2)10-6-8-11(16-3)9-7-10/h6-9,12H,4-5H2,1-3H3,(H,14,15)/t12-/m0/s1. The molecule has 1 aromatic rings. The second-order valence-corrected chi connectivity index (χ2v) is 3.66. The van der Waals surface area contributed by atoms with E-state index in [1.54, 1.807) is 7.11 Å². The van der Waals surface area contributed by atoms with E-state index in [9.17, 15) is 4.79 Å². The summed E-state index contributed by atoms with van der Waals surface area (Å²) in [6.07, 6.45) is 1.41. The van der Waals surface area contributed by atoms with Crippen LogP contribution in [-0.4, -0.2) is 13.0 Å². The molecule has 1 amide bonds. The summed E-state index contributed by atoms with van der Waals surface area (Å²) in [6.45, 7) is 3.92. The maximum absolute atomic E-state index is 11.3. The van der Waals surface area contributed by atoms with Crippen molar-refractivity contribution in [2.75, 3.05) is 7.11 Å². The van der Waals surface area contributed by atoms with Crippen LogP contribution in [0.25, 0.3) is 0 Å². The van der Waals surface area contributed by atoms with Crippen molar-refractivity contribution in [1.82, 2.24) is 5.32 Å². The Hall–Kier alpha value is -1.51. The molecular weight excluding hydrogens is 202 g/mol. The van der Waals surface area contributed by atoms with E-state index >= 15 is 0 Å². The first-order chi connectivity index (χ1) is 7.71. The van der Waals surface area contributed by atoms with Crippen molar-refractivity contribution >= 4 is 5.91 Å². The van der Waals surface area contributed by atoms with Crippen LogP contribution < -0.4 is 10.1 Å². The van der Waals surface area contributed by atoms with Crippen molar-refractivity contribution in [2.45, 2.75) is 32.7 Å². The van der Waals surface area contributed by atoms with Crippen molar-refractivity contribution in [3.05, 3.63) is 29.8 Å². The van der Waals surface area contributed by atoms with Crippen molar-refractivity contribution in [3.8, 4) is 5.75 Å². The number of benzene rings is 1. The molecule has 1 aromatic carbocycles. The number of methoxy groups -OCH3 is 1. The van der Waals surface area contributed by atoms with Gasteiger partial charge in [0.05, 0.1) is 13.2 Å². The summed E-state index contributed by atoms with van der Waals surface area (Å²) < 4.78 is 5.10. The van der Waals surface area contributed by atoms with Crippen LogP contribution in [0, 0.1) is 0 Å². The minimum atomic E-state index is 0.0858. The lowest BCUT2D eigenvalue weighted by Crippen LogP contribution is -2.27. The number of nitrogens with one attached hydrogen (secondary N) is 1. The van der Waals surface area contributed by atoms with E-state index in [1.807, 2.05) is 31.2 Å². The third-order valence-corrected chi connectivity index (χ3v) is 2.58. The fourth-order valence-corrected chi connectivity index (χ4v) is 1.55. The van der Waals surface area contributed by atoms with Crippen molar-refractivity contribution < 1.29 is 9.53 Å². The Kier molecular flexibility index (Phi) is 4.83. The summed E-state index contributed by atoms with van der Waals surface area (Å²) in [5, 5.41) is 2.99. The molecule has 88 valence electrons. The first-order valence-corrected chi connectivity index (χ1v) is 5.64. The Bertz CT molecular complexity index is 332. The predicted molar refractivity (Wildman–Crippen MR) is 64.5 cm³/mol. The maximum Gasteiger partial charge on any atom is 0.220 e. The van der Waals surface area contributed by atoms with Crippen LogP contribution in [0.5, 0.6) is 5.75 Å². The summed E-state index contributed by atoms with van der Waals surface area (Å²) in [6, 6.07) is 7.90. The van der Waals surface area contributed by atoms with Gasteiger partial charge < -0.3 is 10.1 Å². The Morgan fingerprint density at radius 3 is 2.38 bits per heavy atom. The summed E-state index contributed by atoms with van der Waals surface area (Å²) in [7, 11) is 1.64. The predicted octanol–water partition coefficient (Wildman–Crippen LogP) is 2.67. The second-order valence-electron chi connectivity index (χ2n) is 3.66. The molecule has 0 saturated carbocycles. The van der Waals surface area contributed by atoms with Gasteiger partial charge in [-0.05, 0) is 24.1 Å². The van der Waals surface area contributed by atoms with E-state index in [0.29, 0.717) is 6.42 Å². The molecule has 3 heteroatoms. The van der Waals surface area contributed by atoms with Crippen LogP contribution in [0.2, 0.25) is 0 Å². The molecule has 1 atom stereocenters. The molecule has 1 rings (SSSR count). The summed E-state index contributed by atoms with van der Waals surface area (Å²) in [5.74, 6) is 0.920. The minimum absolute atomic E-state index is 0.0858. The average Bonchev–Trinajstić information content (AvgIpc) is 2.35. The molecule has 0 radical (unpaired) electrons. The van der Waals surface area contributed by atoms with Gasteiger partial charge in [-0.15, -0.1) is 0 Å². The van der Waals surface area contributed by atoms with E-state index in [-0.39, 0.29) is 11.9 Å². The van der Waals surface area contributed by atoms with Gasteiger partial charge in [0.15, 0.2) is 0 Å². The molecule has 0 aliphatic heterocycles. The van der Waals surface area contributed by atoms with E-state index in [0.717, 1.165) is 17.7 Å². The summed E-state index contributed by atoms with van der Waals surface area (Å²) in [5.41, 5.74) is 1.12. The molecule has 0 saturated heterocycles. The number of hydrogen-bond acceptors (Lipinski definition) is 2. The molecule has 0 aliphatic carbocycles. The van der Waals surface area contributed by atoms with Crippen molar-refractivity contribution in [3.63, 3.8) is 0 Å².